The van der Waals surface area contributed by atoms with Crippen molar-refractivity contribution < 1.29 is 9.90 Å². The topological polar surface area (TPSA) is 66.0 Å². The van der Waals surface area contributed by atoms with E-state index < -0.39 is 0 Å². The van der Waals surface area contributed by atoms with Crippen molar-refractivity contribution in [1.82, 2.24) is 9.97 Å². The summed E-state index contributed by atoms with van der Waals surface area (Å²) in [6.07, 6.45) is 4.27. The van der Waals surface area contributed by atoms with Crippen LogP contribution in [0.2, 0.25) is 0 Å². The Hall–Kier alpha value is -1.94. The van der Waals surface area contributed by atoms with E-state index in [-0.39, 0.29) is 12.4 Å². The lowest BCUT2D eigenvalue weighted by atomic mass is 9.93. The third-order valence-corrected chi connectivity index (χ3v) is 3.26. The first-order chi connectivity index (χ1) is 8.76. The smallest absolute Gasteiger partial charge is 0.155 e. The summed E-state index contributed by atoms with van der Waals surface area (Å²) in [4.78, 5) is 18.7. The summed E-state index contributed by atoms with van der Waals surface area (Å²) in [5.41, 5.74) is 3.89. The third-order valence-electron chi connectivity index (χ3n) is 3.26. The van der Waals surface area contributed by atoms with E-state index in [1.54, 1.807) is 6.08 Å². The number of benzene rings is 1. The van der Waals surface area contributed by atoms with Crippen molar-refractivity contribution in [2.75, 3.05) is 0 Å². The molecule has 0 radical (unpaired) electrons. The number of fused-ring (bicyclic) bond motifs is 1. The molecular weight excluding hydrogens is 228 g/mol. The van der Waals surface area contributed by atoms with Crippen LogP contribution in [0.4, 0.5) is 0 Å². The first kappa shape index (κ1) is 11.2. The molecule has 0 bridgehead atoms. The number of rotatable bonds is 2. The van der Waals surface area contributed by atoms with Gasteiger partial charge in [0.15, 0.2) is 5.78 Å². The predicted octanol–water partition coefficient (Wildman–Crippen LogP) is 2.19. The van der Waals surface area contributed by atoms with Crippen LogP contribution in [0.1, 0.15) is 30.7 Å². The number of nitrogens with one attached hydrogen (secondary N) is 1. The molecule has 1 heterocycles. The Balaban J connectivity index is 2.04. The molecule has 0 spiro atoms. The second-order valence-corrected chi connectivity index (χ2v) is 4.56. The van der Waals surface area contributed by atoms with Gasteiger partial charge in [-0.2, -0.15) is 0 Å². The molecule has 4 nitrogen and oxygen atoms in total. The van der Waals surface area contributed by atoms with Gasteiger partial charge in [0, 0.05) is 6.42 Å². The lowest BCUT2D eigenvalue weighted by Crippen LogP contribution is -2.01. The van der Waals surface area contributed by atoms with Crippen molar-refractivity contribution in [3.05, 3.63) is 35.7 Å². The van der Waals surface area contributed by atoms with E-state index in [2.05, 4.69) is 9.97 Å². The van der Waals surface area contributed by atoms with E-state index in [0.717, 1.165) is 35.0 Å². The van der Waals surface area contributed by atoms with Crippen LogP contribution >= 0.6 is 0 Å². The van der Waals surface area contributed by atoms with Crippen LogP contribution in [-0.2, 0) is 11.4 Å². The summed E-state index contributed by atoms with van der Waals surface area (Å²) < 4.78 is 0. The zero-order chi connectivity index (χ0) is 12.5. The molecule has 2 aromatic rings. The molecule has 92 valence electrons. The van der Waals surface area contributed by atoms with Crippen molar-refractivity contribution in [2.45, 2.75) is 25.9 Å². The Morgan fingerprint density at radius 3 is 3.00 bits per heavy atom. The molecule has 3 rings (SSSR count). The van der Waals surface area contributed by atoms with Gasteiger partial charge in [0.2, 0.25) is 0 Å². The van der Waals surface area contributed by atoms with Crippen LogP contribution in [0.3, 0.4) is 0 Å². The quantitative estimate of drug-likeness (QED) is 0.848. The molecule has 0 saturated carbocycles. The lowest BCUT2D eigenvalue weighted by Gasteiger charge is -2.11. The number of allylic oxidation sites excluding steroid dienone is 2. The number of carbonyl (C=O) groups is 1. The number of hydrogen-bond donors (Lipinski definition) is 2. The molecule has 1 aliphatic carbocycles. The van der Waals surface area contributed by atoms with Crippen molar-refractivity contribution >= 4 is 22.4 Å². The Morgan fingerprint density at radius 1 is 1.33 bits per heavy atom. The van der Waals surface area contributed by atoms with Gasteiger partial charge in [-0.3, -0.25) is 4.79 Å². The van der Waals surface area contributed by atoms with Gasteiger partial charge in [-0.1, -0.05) is 6.07 Å². The highest BCUT2D eigenvalue weighted by Crippen LogP contribution is 2.27. The fourth-order valence-electron chi connectivity index (χ4n) is 2.36. The standard InChI is InChI=1S/C14H14N2O2/c17-8-14-15-12-5-4-10(7-13(12)16-14)9-2-1-3-11(18)6-9/h4-7,17H,1-3,8H2,(H,15,16). The van der Waals surface area contributed by atoms with Crippen LogP contribution in [-0.4, -0.2) is 20.9 Å². The van der Waals surface area contributed by atoms with Crippen LogP contribution in [0.5, 0.6) is 0 Å². The van der Waals surface area contributed by atoms with Crippen LogP contribution in [0.25, 0.3) is 16.6 Å². The molecule has 1 aromatic heterocycles. The van der Waals surface area contributed by atoms with Crippen LogP contribution in [0.15, 0.2) is 24.3 Å². The predicted molar refractivity (Wildman–Crippen MR) is 68.9 cm³/mol. The maximum absolute atomic E-state index is 11.4. The molecule has 18 heavy (non-hydrogen) atoms. The second-order valence-electron chi connectivity index (χ2n) is 4.56. The first-order valence-corrected chi connectivity index (χ1v) is 6.09. The van der Waals surface area contributed by atoms with Gasteiger partial charge >= 0.3 is 0 Å². The maximum atomic E-state index is 11.4. The number of aromatic amines is 1. The second kappa shape index (κ2) is 4.38. The molecule has 0 amide bonds. The van der Waals surface area contributed by atoms with E-state index in [4.69, 9.17) is 5.11 Å². The maximum Gasteiger partial charge on any atom is 0.155 e. The number of H-pyrrole nitrogens is 1. The molecule has 0 saturated heterocycles. The molecule has 0 atom stereocenters. The lowest BCUT2D eigenvalue weighted by molar-refractivity contribution is -0.114. The van der Waals surface area contributed by atoms with E-state index in [9.17, 15) is 4.79 Å². The normalized spacial score (nSPS) is 16.1. The number of hydrogen-bond acceptors (Lipinski definition) is 3. The zero-order valence-corrected chi connectivity index (χ0v) is 9.94. The highest BCUT2D eigenvalue weighted by Gasteiger charge is 2.12. The van der Waals surface area contributed by atoms with Crippen LogP contribution < -0.4 is 0 Å². The molecule has 1 aromatic carbocycles. The Kier molecular flexibility index (Phi) is 2.72. The Labute approximate surface area is 104 Å². The minimum atomic E-state index is -0.0921. The molecule has 0 fully saturated rings. The highest BCUT2D eigenvalue weighted by molar-refractivity contribution is 5.99. The average molecular weight is 242 g/mol. The zero-order valence-electron chi connectivity index (χ0n) is 9.94. The number of nitrogens with zero attached hydrogens (tertiary/aromatic N) is 1. The van der Waals surface area contributed by atoms with Crippen LogP contribution in [0, 0.1) is 0 Å². The minimum Gasteiger partial charge on any atom is -0.388 e. The van der Waals surface area contributed by atoms with Crippen molar-refractivity contribution in [3.8, 4) is 0 Å². The largest absolute Gasteiger partial charge is 0.388 e. The van der Waals surface area contributed by atoms with Gasteiger partial charge in [0.05, 0.1) is 11.0 Å². The number of ketones is 1. The Bertz CT molecular complexity index is 640. The minimum absolute atomic E-state index is 0.0921. The van der Waals surface area contributed by atoms with Gasteiger partial charge in [-0.15, -0.1) is 0 Å². The summed E-state index contributed by atoms with van der Waals surface area (Å²) >= 11 is 0. The average Bonchev–Trinajstić information content (AvgIpc) is 2.80. The van der Waals surface area contributed by atoms with Crippen molar-refractivity contribution in [1.29, 1.82) is 0 Å². The third kappa shape index (κ3) is 1.95. The van der Waals surface area contributed by atoms with Gasteiger partial charge in [0.25, 0.3) is 0 Å². The number of aromatic nitrogens is 2. The summed E-state index contributed by atoms with van der Waals surface area (Å²) in [7, 11) is 0. The summed E-state index contributed by atoms with van der Waals surface area (Å²) in [5, 5.41) is 9.04. The molecule has 4 heteroatoms. The summed E-state index contributed by atoms with van der Waals surface area (Å²) in [6.45, 7) is -0.0921. The van der Waals surface area contributed by atoms with E-state index in [1.807, 2.05) is 18.2 Å². The first-order valence-electron chi connectivity index (χ1n) is 6.09. The monoisotopic (exact) mass is 242 g/mol. The van der Waals surface area contributed by atoms with Gasteiger partial charge in [0.1, 0.15) is 12.4 Å². The number of aliphatic hydroxyl groups excluding tert-OH is 1. The van der Waals surface area contributed by atoms with E-state index in [0.29, 0.717) is 12.2 Å². The molecule has 0 unspecified atom stereocenters. The highest BCUT2D eigenvalue weighted by atomic mass is 16.3. The SMILES string of the molecule is O=C1C=C(c2ccc3nc(CO)[nH]c3c2)CCC1. The van der Waals surface area contributed by atoms with E-state index in [1.165, 1.54) is 0 Å². The molecule has 2 N–H and O–H groups in total. The molecule has 1 aliphatic rings. The van der Waals surface area contributed by atoms with Gasteiger partial charge in [-0.25, -0.2) is 4.98 Å². The number of carbonyl (C=O) groups excluding carboxylic acids is 1. The molecular formula is C14H14N2O2. The van der Waals surface area contributed by atoms with Gasteiger partial charge in [-0.05, 0) is 42.2 Å². The summed E-state index contributed by atoms with van der Waals surface area (Å²) in [6, 6.07) is 5.89. The van der Waals surface area contributed by atoms with Crippen molar-refractivity contribution in [3.63, 3.8) is 0 Å². The summed E-state index contributed by atoms with van der Waals surface area (Å²) in [5.74, 6) is 0.771. The number of aliphatic hydroxyl groups is 1. The van der Waals surface area contributed by atoms with Crippen molar-refractivity contribution in [2.24, 2.45) is 0 Å². The Morgan fingerprint density at radius 2 is 2.22 bits per heavy atom. The van der Waals surface area contributed by atoms with E-state index >= 15 is 0 Å². The fourth-order valence-corrected chi connectivity index (χ4v) is 2.36. The fraction of sp³-hybridized carbons (Fsp3) is 0.286. The molecule has 0 aliphatic heterocycles. The number of imidazole rings is 1. The van der Waals surface area contributed by atoms with Gasteiger partial charge < -0.3 is 10.1 Å².